The Morgan fingerprint density at radius 1 is 1.27 bits per heavy atom. The lowest BCUT2D eigenvalue weighted by Crippen LogP contribution is -2.20. The zero-order valence-electron chi connectivity index (χ0n) is 14.9. The average Bonchev–Trinajstić information content (AvgIpc) is 3.13. The Bertz CT molecular complexity index is 783. The Hall–Kier alpha value is -2.53. The van der Waals surface area contributed by atoms with Gasteiger partial charge < -0.3 is 20.5 Å². The number of carboxylic acids is 1. The number of H-pyrrole nitrogens is 1. The van der Waals surface area contributed by atoms with Gasteiger partial charge in [0.15, 0.2) is 0 Å². The molecule has 1 aliphatic heterocycles. The molecule has 138 valence electrons. The van der Waals surface area contributed by atoms with E-state index in [4.69, 9.17) is 5.11 Å². The molecule has 2 heterocycles. The Morgan fingerprint density at radius 3 is 2.85 bits per heavy atom. The number of carboxylic acid groups (broad SMARTS) is 1. The van der Waals surface area contributed by atoms with Crippen molar-refractivity contribution in [3.05, 3.63) is 64.7 Å². The van der Waals surface area contributed by atoms with E-state index in [9.17, 15) is 9.90 Å². The molecule has 4 N–H and O–H groups in total. The maximum Gasteiger partial charge on any atom is 0.303 e. The van der Waals surface area contributed by atoms with Gasteiger partial charge in [0.05, 0.1) is 0 Å². The number of aliphatic hydroxyl groups is 1. The molecule has 0 bridgehead atoms. The van der Waals surface area contributed by atoms with Crippen molar-refractivity contribution in [1.82, 2.24) is 10.3 Å². The number of rotatable bonds is 6. The normalized spacial score (nSPS) is 22.7. The van der Waals surface area contributed by atoms with Gasteiger partial charge in [-0.25, -0.2) is 0 Å². The Labute approximate surface area is 153 Å². The summed E-state index contributed by atoms with van der Waals surface area (Å²) in [6.45, 7) is 3.64. The lowest BCUT2D eigenvalue weighted by Gasteiger charge is -2.12. The molecule has 5 nitrogen and oxygen atoms in total. The molecule has 0 amide bonds. The highest BCUT2D eigenvalue weighted by molar-refractivity contribution is 5.68. The Balaban J connectivity index is 1.88. The first-order valence-corrected chi connectivity index (χ1v) is 9.16. The largest absolute Gasteiger partial charge is 0.481 e. The van der Waals surface area contributed by atoms with E-state index in [1.165, 1.54) is 11.3 Å². The fourth-order valence-corrected chi connectivity index (χ4v) is 3.73. The third-order valence-corrected chi connectivity index (χ3v) is 4.97. The highest BCUT2D eigenvalue weighted by Gasteiger charge is 2.24. The molecular weight excluding hydrogens is 328 g/mol. The molecule has 1 aromatic rings. The zero-order chi connectivity index (χ0) is 18.5. The molecule has 3 rings (SSSR count). The average molecular weight is 354 g/mol. The second-order valence-electron chi connectivity index (χ2n) is 6.83. The Kier molecular flexibility index (Phi) is 5.78. The van der Waals surface area contributed by atoms with E-state index >= 15 is 0 Å². The second kappa shape index (κ2) is 8.23. The smallest absolute Gasteiger partial charge is 0.303 e. The van der Waals surface area contributed by atoms with Crippen LogP contribution in [0, 0.1) is 0 Å². The standard InChI is InChI=1S/C21H26N2O3/c1-2-3-4-7-15-12-14(21(26)22-15)13-19-17(10-11-20(24)25)16-8-5-6-9-18(16)23-19/h2-4,7,13,21-23,26H,1,5-6,8-12H2,(H,24,25)/b4-3-,14-13-,15-7+. The quantitative estimate of drug-likeness (QED) is 0.591. The molecule has 0 spiro atoms. The number of aromatic nitrogens is 1. The first kappa shape index (κ1) is 18.3. The maximum absolute atomic E-state index is 11.0. The van der Waals surface area contributed by atoms with Crippen molar-refractivity contribution in [2.45, 2.75) is 51.2 Å². The highest BCUT2D eigenvalue weighted by atomic mass is 16.4. The van der Waals surface area contributed by atoms with E-state index in [1.807, 2.05) is 24.3 Å². The van der Waals surface area contributed by atoms with Gasteiger partial charge in [-0.1, -0.05) is 24.8 Å². The fourth-order valence-electron chi connectivity index (χ4n) is 3.73. The summed E-state index contributed by atoms with van der Waals surface area (Å²) in [5.41, 5.74) is 6.41. The number of aryl methyl sites for hydroxylation is 1. The van der Waals surface area contributed by atoms with Crippen LogP contribution >= 0.6 is 0 Å². The molecule has 0 aromatic carbocycles. The van der Waals surface area contributed by atoms with Crippen molar-refractivity contribution in [1.29, 1.82) is 0 Å². The summed E-state index contributed by atoms with van der Waals surface area (Å²) in [7, 11) is 0. The topological polar surface area (TPSA) is 85.4 Å². The molecule has 0 saturated carbocycles. The Morgan fingerprint density at radius 2 is 2.08 bits per heavy atom. The molecule has 1 saturated heterocycles. The molecule has 0 radical (unpaired) electrons. The fraction of sp³-hybridized carbons (Fsp3) is 0.381. The first-order valence-electron chi connectivity index (χ1n) is 9.16. The van der Waals surface area contributed by atoms with Crippen LogP contribution in [0.3, 0.4) is 0 Å². The third kappa shape index (κ3) is 4.17. The van der Waals surface area contributed by atoms with Crippen molar-refractivity contribution >= 4 is 12.0 Å². The van der Waals surface area contributed by atoms with Crippen LogP contribution in [0.4, 0.5) is 0 Å². The van der Waals surface area contributed by atoms with Gasteiger partial charge in [-0.05, 0) is 61.0 Å². The predicted octanol–water partition coefficient (Wildman–Crippen LogP) is 3.23. The lowest BCUT2D eigenvalue weighted by atomic mass is 9.92. The van der Waals surface area contributed by atoms with E-state index in [1.54, 1.807) is 6.08 Å². The maximum atomic E-state index is 11.0. The van der Waals surface area contributed by atoms with Crippen LogP contribution in [0.15, 0.2) is 42.2 Å². The van der Waals surface area contributed by atoms with Crippen LogP contribution in [0.5, 0.6) is 0 Å². The monoisotopic (exact) mass is 354 g/mol. The SMILES string of the molecule is C=C/C=C\C=C1/C/C(=C/c2[nH]c3c(c2CCC(=O)O)CCCC3)C(O)N1. The van der Waals surface area contributed by atoms with Crippen molar-refractivity contribution in [2.24, 2.45) is 0 Å². The van der Waals surface area contributed by atoms with E-state index in [0.717, 1.165) is 48.2 Å². The van der Waals surface area contributed by atoms with E-state index in [0.29, 0.717) is 12.8 Å². The highest BCUT2D eigenvalue weighted by Crippen LogP contribution is 2.31. The van der Waals surface area contributed by atoms with Gasteiger partial charge in [0.2, 0.25) is 0 Å². The summed E-state index contributed by atoms with van der Waals surface area (Å²) < 4.78 is 0. The number of aliphatic carboxylic acids is 1. The number of carbonyl (C=O) groups is 1. The number of aromatic amines is 1. The predicted molar refractivity (Wildman–Crippen MR) is 103 cm³/mol. The van der Waals surface area contributed by atoms with E-state index in [2.05, 4.69) is 16.9 Å². The van der Waals surface area contributed by atoms with Crippen LogP contribution in [-0.4, -0.2) is 27.4 Å². The number of allylic oxidation sites excluding steroid dienone is 5. The van der Waals surface area contributed by atoms with Gasteiger partial charge >= 0.3 is 5.97 Å². The van der Waals surface area contributed by atoms with Crippen LogP contribution in [-0.2, 0) is 24.1 Å². The summed E-state index contributed by atoms with van der Waals surface area (Å²) in [5, 5.41) is 22.5. The number of nitrogens with one attached hydrogen (secondary N) is 2. The third-order valence-electron chi connectivity index (χ3n) is 4.97. The molecule has 1 aliphatic carbocycles. The van der Waals surface area contributed by atoms with Gasteiger partial charge in [0.25, 0.3) is 0 Å². The summed E-state index contributed by atoms with van der Waals surface area (Å²) in [4.78, 5) is 14.5. The molecule has 2 aliphatic rings. The van der Waals surface area contributed by atoms with Gasteiger partial charge in [-0.15, -0.1) is 0 Å². The number of aliphatic hydroxyl groups excluding tert-OH is 1. The van der Waals surface area contributed by atoms with Gasteiger partial charge in [0, 0.05) is 29.9 Å². The summed E-state index contributed by atoms with van der Waals surface area (Å²) in [6, 6.07) is 0. The zero-order valence-corrected chi connectivity index (χ0v) is 14.9. The van der Waals surface area contributed by atoms with Gasteiger partial charge in [0.1, 0.15) is 6.23 Å². The van der Waals surface area contributed by atoms with Crippen molar-refractivity contribution < 1.29 is 15.0 Å². The number of hydrogen-bond donors (Lipinski definition) is 4. The number of hydrogen-bond acceptors (Lipinski definition) is 3. The van der Waals surface area contributed by atoms with Crippen molar-refractivity contribution in [3.8, 4) is 0 Å². The van der Waals surface area contributed by atoms with Crippen LogP contribution in [0.1, 0.15) is 48.2 Å². The summed E-state index contributed by atoms with van der Waals surface area (Å²) in [6.07, 6.45) is 14.2. The number of fused-ring (bicyclic) bond motifs is 1. The van der Waals surface area contributed by atoms with Crippen LogP contribution < -0.4 is 5.32 Å². The van der Waals surface area contributed by atoms with Gasteiger partial charge in [-0.2, -0.15) is 0 Å². The van der Waals surface area contributed by atoms with Crippen molar-refractivity contribution in [3.63, 3.8) is 0 Å². The molecule has 26 heavy (non-hydrogen) atoms. The lowest BCUT2D eigenvalue weighted by molar-refractivity contribution is -0.136. The first-order chi connectivity index (χ1) is 12.6. The van der Waals surface area contributed by atoms with Gasteiger partial charge in [-0.3, -0.25) is 4.79 Å². The molecule has 1 unspecified atom stereocenters. The molecular formula is C21H26N2O3. The summed E-state index contributed by atoms with van der Waals surface area (Å²) >= 11 is 0. The molecule has 1 aromatic heterocycles. The minimum Gasteiger partial charge on any atom is -0.481 e. The molecule has 1 fully saturated rings. The molecule has 1 atom stereocenters. The second-order valence-corrected chi connectivity index (χ2v) is 6.83. The summed E-state index contributed by atoms with van der Waals surface area (Å²) in [5.74, 6) is -0.781. The van der Waals surface area contributed by atoms with Crippen LogP contribution in [0.25, 0.3) is 6.08 Å². The van der Waals surface area contributed by atoms with E-state index < -0.39 is 12.2 Å². The minimum atomic E-state index is -0.781. The van der Waals surface area contributed by atoms with E-state index in [-0.39, 0.29) is 6.42 Å². The minimum absolute atomic E-state index is 0.124. The van der Waals surface area contributed by atoms with Crippen LogP contribution in [0.2, 0.25) is 0 Å². The van der Waals surface area contributed by atoms with Crippen molar-refractivity contribution in [2.75, 3.05) is 0 Å². The molecule has 5 heteroatoms.